The van der Waals surface area contributed by atoms with Gasteiger partial charge in [0.05, 0.1) is 11.7 Å². The van der Waals surface area contributed by atoms with E-state index in [1.807, 2.05) is 20.8 Å². The van der Waals surface area contributed by atoms with E-state index in [1.54, 1.807) is 4.90 Å². The first kappa shape index (κ1) is 12.7. The number of halogens is 1. The summed E-state index contributed by atoms with van der Waals surface area (Å²) in [7, 11) is 0. The number of carbonyl (C=O) groups is 1. The minimum absolute atomic E-state index is 0.0195. The van der Waals surface area contributed by atoms with E-state index in [9.17, 15) is 4.79 Å². The zero-order valence-electron chi connectivity index (χ0n) is 9.94. The second-order valence-corrected chi connectivity index (χ2v) is 6.29. The van der Waals surface area contributed by atoms with Crippen molar-refractivity contribution in [2.45, 2.75) is 32.5 Å². The highest BCUT2D eigenvalue weighted by atomic mass is 35.5. The van der Waals surface area contributed by atoms with E-state index in [2.05, 4.69) is 10.2 Å². The molecule has 0 aromatic carbocycles. The van der Waals surface area contributed by atoms with Gasteiger partial charge in [-0.2, -0.15) is 0 Å². The molecule has 5 nitrogen and oxygen atoms in total. The van der Waals surface area contributed by atoms with E-state index in [-0.39, 0.29) is 22.1 Å². The van der Waals surface area contributed by atoms with Gasteiger partial charge in [0.1, 0.15) is 0 Å². The third-order valence-corrected chi connectivity index (χ3v) is 3.45. The summed E-state index contributed by atoms with van der Waals surface area (Å²) in [5.41, 5.74) is -0.332. The maximum atomic E-state index is 12.2. The van der Waals surface area contributed by atoms with E-state index in [1.165, 1.54) is 0 Å². The third kappa shape index (κ3) is 2.94. The summed E-state index contributed by atoms with van der Waals surface area (Å²) in [5, 5.41) is 7.74. The fourth-order valence-corrected chi connectivity index (χ4v) is 2.83. The van der Waals surface area contributed by atoms with Crippen LogP contribution in [0.5, 0.6) is 0 Å². The molecule has 1 aromatic rings. The van der Waals surface area contributed by atoms with Crippen molar-refractivity contribution in [3.63, 3.8) is 0 Å². The smallest absolute Gasteiger partial charge is 0.285 e. The van der Waals surface area contributed by atoms with Gasteiger partial charge in [0.2, 0.25) is 9.47 Å². The molecule has 1 atom stereocenters. The summed E-state index contributed by atoms with van der Waals surface area (Å²) < 4.78 is 6.03. The molecular weight excluding hydrogens is 262 g/mol. The van der Waals surface area contributed by atoms with Gasteiger partial charge >= 0.3 is 0 Å². The minimum Gasteiger partial charge on any atom is -0.369 e. The Hall–Kier alpha value is -0.720. The van der Waals surface area contributed by atoms with Crippen molar-refractivity contribution >= 4 is 28.8 Å². The second kappa shape index (κ2) is 4.51. The molecule has 1 unspecified atom stereocenters. The maximum Gasteiger partial charge on any atom is 0.285 e. The number of morpholine rings is 1. The van der Waals surface area contributed by atoms with Crippen LogP contribution in [0.15, 0.2) is 0 Å². The molecule has 0 spiro atoms. The van der Waals surface area contributed by atoms with Crippen LogP contribution in [0.1, 0.15) is 30.6 Å². The van der Waals surface area contributed by atoms with Crippen molar-refractivity contribution in [3.05, 3.63) is 9.47 Å². The standard InChI is InChI=1S/C10H14ClN3O2S/c1-6-4-14(5-10(2,3)16-6)8(15)7-12-13-9(11)17-7/h6H,4-5H2,1-3H3. The predicted octanol–water partition coefficient (Wildman–Crippen LogP) is 1.83. The van der Waals surface area contributed by atoms with Crippen LogP contribution in [-0.2, 0) is 4.74 Å². The monoisotopic (exact) mass is 275 g/mol. The van der Waals surface area contributed by atoms with Gasteiger partial charge in [0.15, 0.2) is 0 Å². The Balaban J connectivity index is 2.14. The summed E-state index contributed by atoms with van der Waals surface area (Å²) in [6, 6.07) is 0. The highest BCUT2D eigenvalue weighted by Gasteiger charge is 2.35. The second-order valence-electron chi connectivity index (χ2n) is 4.73. The van der Waals surface area contributed by atoms with Crippen LogP contribution >= 0.6 is 22.9 Å². The van der Waals surface area contributed by atoms with Crippen molar-refractivity contribution in [1.82, 2.24) is 15.1 Å². The maximum absolute atomic E-state index is 12.2. The molecule has 0 aliphatic carbocycles. The van der Waals surface area contributed by atoms with Gasteiger partial charge in [-0.15, -0.1) is 10.2 Å². The number of hydrogen-bond acceptors (Lipinski definition) is 5. The van der Waals surface area contributed by atoms with Gasteiger partial charge in [0.25, 0.3) is 5.91 Å². The lowest BCUT2D eigenvalue weighted by Gasteiger charge is -2.41. The molecule has 94 valence electrons. The number of hydrogen-bond donors (Lipinski definition) is 0. The molecule has 1 aromatic heterocycles. The Morgan fingerprint density at radius 3 is 2.82 bits per heavy atom. The average molecular weight is 276 g/mol. The van der Waals surface area contributed by atoms with Crippen molar-refractivity contribution in [2.24, 2.45) is 0 Å². The zero-order valence-corrected chi connectivity index (χ0v) is 11.5. The summed E-state index contributed by atoms with van der Waals surface area (Å²) in [6.45, 7) is 7.01. The van der Waals surface area contributed by atoms with Crippen LogP contribution in [0.4, 0.5) is 0 Å². The van der Waals surface area contributed by atoms with Crippen molar-refractivity contribution < 1.29 is 9.53 Å². The summed E-state index contributed by atoms with van der Waals surface area (Å²) >= 11 is 6.78. The first-order valence-electron chi connectivity index (χ1n) is 5.33. The van der Waals surface area contributed by atoms with Crippen LogP contribution in [0.3, 0.4) is 0 Å². The van der Waals surface area contributed by atoms with Crippen LogP contribution < -0.4 is 0 Å². The van der Waals surface area contributed by atoms with E-state index >= 15 is 0 Å². The van der Waals surface area contributed by atoms with Gasteiger partial charge in [0, 0.05) is 13.1 Å². The Kier molecular flexibility index (Phi) is 3.38. The topological polar surface area (TPSA) is 55.3 Å². The summed E-state index contributed by atoms with van der Waals surface area (Å²) in [6.07, 6.45) is 0.0195. The third-order valence-electron chi connectivity index (χ3n) is 2.44. The van der Waals surface area contributed by atoms with Crippen molar-refractivity contribution in [2.75, 3.05) is 13.1 Å². The first-order chi connectivity index (χ1) is 7.87. The Labute approximate surface area is 109 Å². The van der Waals surface area contributed by atoms with Crippen LogP contribution in [-0.4, -0.2) is 45.8 Å². The molecule has 1 aliphatic heterocycles. The average Bonchev–Trinajstić information content (AvgIpc) is 2.60. The number of carbonyl (C=O) groups excluding carboxylic acids is 1. The van der Waals surface area contributed by atoms with Gasteiger partial charge in [-0.3, -0.25) is 4.79 Å². The molecule has 1 fully saturated rings. The number of nitrogens with zero attached hydrogens (tertiary/aromatic N) is 3. The van der Waals surface area contributed by atoms with Crippen LogP contribution in [0.25, 0.3) is 0 Å². The lowest BCUT2D eigenvalue weighted by molar-refractivity contribution is -0.118. The van der Waals surface area contributed by atoms with Crippen molar-refractivity contribution in [3.8, 4) is 0 Å². The quantitative estimate of drug-likeness (QED) is 0.785. The number of ether oxygens (including phenoxy) is 1. The molecule has 0 radical (unpaired) electrons. The SMILES string of the molecule is CC1CN(C(=O)c2nnc(Cl)s2)CC(C)(C)O1. The van der Waals surface area contributed by atoms with Gasteiger partial charge in [-0.05, 0) is 32.4 Å². The van der Waals surface area contributed by atoms with E-state index in [0.717, 1.165) is 11.3 Å². The fraction of sp³-hybridized carbons (Fsp3) is 0.700. The Morgan fingerprint density at radius 1 is 1.59 bits per heavy atom. The molecule has 1 amide bonds. The number of rotatable bonds is 1. The van der Waals surface area contributed by atoms with Gasteiger partial charge in [-0.25, -0.2) is 0 Å². The molecule has 17 heavy (non-hydrogen) atoms. The molecule has 1 aliphatic rings. The molecule has 0 saturated carbocycles. The van der Waals surface area contributed by atoms with Crippen molar-refractivity contribution in [1.29, 1.82) is 0 Å². The van der Waals surface area contributed by atoms with E-state index in [0.29, 0.717) is 18.1 Å². The van der Waals surface area contributed by atoms with Gasteiger partial charge < -0.3 is 9.64 Å². The highest BCUT2D eigenvalue weighted by molar-refractivity contribution is 7.17. The van der Waals surface area contributed by atoms with Crippen LogP contribution in [0.2, 0.25) is 4.47 Å². The normalized spacial score (nSPS) is 23.8. The predicted molar refractivity (Wildman–Crippen MR) is 65.4 cm³/mol. The fourth-order valence-electron chi connectivity index (χ4n) is 2.04. The highest BCUT2D eigenvalue weighted by Crippen LogP contribution is 2.24. The first-order valence-corrected chi connectivity index (χ1v) is 6.53. The van der Waals surface area contributed by atoms with Gasteiger partial charge in [-0.1, -0.05) is 11.3 Å². The summed E-state index contributed by atoms with van der Waals surface area (Å²) in [4.78, 5) is 13.9. The largest absolute Gasteiger partial charge is 0.369 e. The van der Waals surface area contributed by atoms with Crippen LogP contribution in [0, 0.1) is 0 Å². The minimum atomic E-state index is -0.332. The lowest BCUT2D eigenvalue weighted by Crippen LogP contribution is -2.53. The Morgan fingerprint density at radius 2 is 2.29 bits per heavy atom. The molecule has 0 bridgehead atoms. The van der Waals surface area contributed by atoms with E-state index in [4.69, 9.17) is 16.3 Å². The molecule has 0 N–H and O–H groups in total. The zero-order chi connectivity index (χ0) is 12.6. The molecule has 7 heteroatoms. The summed E-state index contributed by atoms with van der Waals surface area (Å²) in [5.74, 6) is -0.127. The molecule has 2 heterocycles. The Bertz CT molecular complexity index is 435. The molecule has 1 saturated heterocycles. The number of amides is 1. The lowest BCUT2D eigenvalue weighted by atomic mass is 10.1. The molecule has 2 rings (SSSR count). The van der Waals surface area contributed by atoms with E-state index < -0.39 is 0 Å². The molecular formula is C10H14ClN3O2S. The number of aromatic nitrogens is 2.